The van der Waals surface area contributed by atoms with Crippen LogP contribution in [-0.2, 0) is 29.1 Å². The van der Waals surface area contributed by atoms with Crippen molar-refractivity contribution in [2.45, 2.75) is 20.3 Å². The maximum Gasteiger partial charge on any atom is 0.314 e. The summed E-state index contributed by atoms with van der Waals surface area (Å²) in [6, 6.07) is 0. The van der Waals surface area contributed by atoms with Crippen LogP contribution in [0.3, 0.4) is 0 Å². The Balaban J connectivity index is 0. The van der Waals surface area contributed by atoms with Crippen molar-refractivity contribution in [1.82, 2.24) is 0 Å². The molecule has 0 spiro atoms. The molecule has 0 rings (SSSR count). The van der Waals surface area contributed by atoms with Crippen molar-refractivity contribution >= 4 is 11.8 Å². The van der Waals surface area contributed by atoms with E-state index < -0.39 is 11.9 Å². The quantitative estimate of drug-likeness (QED) is 0.532. The summed E-state index contributed by atoms with van der Waals surface area (Å²) in [5, 5.41) is 8.32. The minimum absolute atomic E-state index is 0. The summed E-state index contributed by atoms with van der Waals surface area (Å²) in [6.07, 6.45) is 0.380. The Morgan fingerprint density at radius 2 is 1.90 bits per heavy atom. The van der Waals surface area contributed by atoms with Crippen molar-refractivity contribution in [1.29, 1.82) is 0 Å². The average molecular weight is 196 g/mol. The summed E-state index contributed by atoms with van der Waals surface area (Å²) >= 11 is 0. The van der Waals surface area contributed by atoms with Gasteiger partial charge < -0.3 is 5.11 Å². The topological polar surface area (TPSA) is 54.4 Å². The van der Waals surface area contributed by atoms with Gasteiger partial charge in [-0.1, -0.05) is 6.92 Å². The maximum absolute atomic E-state index is 10.4. The van der Waals surface area contributed by atoms with Gasteiger partial charge in [0, 0.05) is 19.5 Å². The van der Waals surface area contributed by atoms with E-state index in [-0.39, 0.29) is 25.3 Å². The Kier molecular flexibility index (Phi) is 6.89. The molecule has 0 aromatic heterocycles. The van der Waals surface area contributed by atoms with Crippen LogP contribution in [0.1, 0.15) is 20.3 Å². The largest absolute Gasteiger partial charge is 0.481 e. The van der Waals surface area contributed by atoms with E-state index in [1.165, 1.54) is 6.92 Å². The van der Waals surface area contributed by atoms with E-state index in [4.69, 9.17) is 5.11 Å². The Morgan fingerprint density at radius 1 is 1.50 bits per heavy atom. The first kappa shape index (κ1) is 12.4. The summed E-state index contributed by atoms with van der Waals surface area (Å²) in [4.78, 5) is 20.6. The average Bonchev–Trinajstić information content (AvgIpc) is 1.64. The molecule has 0 amide bonds. The van der Waals surface area contributed by atoms with Crippen LogP contribution in [0.25, 0.3) is 0 Å². The standard InChI is InChI=1S/C6H10O3.Zn/c1-3-5(4(2)7)6(8)9;/h5H,3H2,1-2H3,(H,8,9);. The van der Waals surface area contributed by atoms with Crippen molar-refractivity contribution < 1.29 is 34.2 Å². The minimum Gasteiger partial charge on any atom is -0.481 e. The van der Waals surface area contributed by atoms with E-state index in [0.29, 0.717) is 6.42 Å². The number of carboxylic acids is 1. The zero-order valence-corrected chi connectivity index (χ0v) is 9.22. The third-order valence-electron chi connectivity index (χ3n) is 1.20. The van der Waals surface area contributed by atoms with Gasteiger partial charge in [0.25, 0.3) is 0 Å². The Bertz CT molecular complexity index is 119. The summed E-state index contributed by atoms with van der Waals surface area (Å²) in [6.45, 7) is 2.97. The molecule has 0 fully saturated rings. The molecule has 54 valence electrons. The smallest absolute Gasteiger partial charge is 0.314 e. The van der Waals surface area contributed by atoms with Gasteiger partial charge in [-0.05, 0) is 13.3 Å². The van der Waals surface area contributed by atoms with E-state index in [0.717, 1.165) is 0 Å². The van der Waals surface area contributed by atoms with E-state index in [1.54, 1.807) is 6.92 Å². The van der Waals surface area contributed by atoms with Crippen molar-refractivity contribution in [3.05, 3.63) is 0 Å². The Hall–Kier alpha value is -0.237. The summed E-state index contributed by atoms with van der Waals surface area (Å²) < 4.78 is 0. The summed E-state index contributed by atoms with van der Waals surface area (Å²) in [5.41, 5.74) is 0. The number of rotatable bonds is 3. The molecule has 0 saturated carbocycles. The second-order valence-corrected chi connectivity index (χ2v) is 1.91. The summed E-state index contributed by atoms with van der Waals surface area (Å²) in [5.74, 6) is -2.10. The summed E-state index contributed by atoms with van der Waals surface area (Å²) in [7, 11) is 0. The second-order valence-electron chi connectivity index (χ2n) is 1.91. The van der Waals surface area contributed by atoms with Gasteiger partial charge in [-0.25, -0.2) is 0 Å². The molecule has 1 N–H and O–H groups in total. The third kappa shape index (κ3) is 3.73. The Morgan fingerprint density at radius 3 is 1.90 bits per heavy atom. The SMILES string of the molecule is CCC(C(C)=O)C(=O)O.[Zn]. The van der Waals surface area contributed by atoms with Crippen LogP contribution >= 0.6 is 0 Å². The molecule has 0 heterocycles. The van der Waals surface area contributed by atoms with Crippen molar-refractivity contribution in [3.63, 3.8) is 0 Å². The minimum atomic E-state index is -1.02. The molecule has 1 unspecified atom stereocenters. The molecule has 1 atom stereocenters. The molecule has 0 saturated heterocycles. The predicted molar refractivity (Wildman–Crippen MR) is 32.1 cm³/mol. The van der Waals surface area contributed by atoms with E-state index >= 15 is 0 Å². The number of ketones is 1. The number of carbonyl (C=O) groups excluding carboxylic acids is 1. The maximum atomic E-state index is 10.4. The molecule has 0 aromatic rings. The van der Waals surface area contributed by atoms with E-state index in [9.17, 15) is 9.59 Å². The van der Waals surface area contributed by atoms with Gasteiger partial charge >= 0.3 is 5.97 Å². The van der Waals surface area contributed by atoms with Crippen LogP contribution in [-0.4, -0.2) is 16.9 Å². The van der Waals surface area contributed by atoms with Gasteiger partial charge in [-0.15, -0.1) is 0 Å². The van der Waals surface area contributed by atoms with Crippen LogP contribution in [0.15, 0.2) is 0 Å². The van der Waals surface area contributed by atoms with Crippen LogP contribution in [0.4, 0.5) is 0 Å². The molecular formula is C6H10O3Zn. The molecular weight excluding hydrogens is 185 g/mol. The number of hydrogen-bond donors (Lipinski definition) is 1. The first-order valence-corrected chi connectivity index (χ1v) is 2.82. The van der Waals surface area contributed by atoms with Crippen molar-refractivity contribution in [2.24, 2.45) is 5.92 Å². The normalized spacial score (nSPS) is 11.4. The van der Waals surface area contributed by atoms with Gasteiger partial charge in [0.05, 0.1) is 0 Å². The van der Waals surface area contributed by atoms with Crippen LogP contribution in [0, 0.1) is 5.92 Å². The number of hydrogen-bond acceptors (Lipinski definition) is 2. The fourth-order valence-corrected chi connectivity index (χ4v) is 0.636. The zero-order valence-electron chi connectivity index (χ0n) is 6.26. The molecule has 0 aliphatic carbocycles. The van der Waals surface area contributed by atoms with Gasteiger partial charge in [-0.3, -0.25) is 9.59 Å². The van der Waals surface area contributed by atoms with Crippen LogP contribution in [0.2, 0.25) is 0 Å². The van der Waals surface area contributed by atoms with Gasteiger partial charge in [-0.2, -0.15) is 0 Å². The molecule has 0 radical (unpaired) electrons. The van der Waals surface area contributed by atoms with Crippen molar-refractivity contribution in [2.75, 3.05) is 0 Å². The second kappa shape index (κ2) is 5.54. The van der Waals surface area contributed by atoms with Crippen molar-refractivity contribution in [3.8, 4) is 0 Å². The molecule has 0 bridgehead atoms. The molecule has 4 heteroatoms. The zero-order chi connectivity index (χ0) is 7.44. The predicted octanol–water partition coefficient (Wildman–Crippen LogP) is 0.684. The van der Waals surface area contributed by atoms with Gasteiger partial charge in [0.15, 0.2) is 0 Å². The fourth-order valence-electron chi connectivity index (χ4n) is 0.636. The number of carbonyl (C=O) groups is 2. The van der Waals surface area contributed by atoms with Gasteiger partial charge in [0.2, 0.25) is 0 Å². The monoisotopic (exact) mass is 194 g/mol. The number of Topliss-reactive ketones (excluding diaryl/α,β-unsaturated/α-hetero) is 1. The first-order chi connectivity index (χ1) is 4.09. The molecule has 10 heavy (non-hydrogen) atoms. The fraction of sp³-hybridized carbons (Fsp3) is 0.667. The molecule has 0 aliphatic heterocycles. The first-order valence-electron chi connectivity index (χ1n) is 2.82. The molecule has 0 aromatic carbocycles. The van der Waals surface area contributed by atoms with Crippen LogP contribution < -0.4 is 0 Å². The Labute approximate surface area is 72.6 Å². The van der Waals surface area contributed by atoms with E-state index in [1.807, 2.05) is 0 Å². The molecule has 0 aliphatic rings. The van der Waals surface area contributed by atoms with Crippen LogP contribution in [0.5, 0.6) is 0 Å². The molecule has 3 nitrogen and oxygen atoms in total. The van der Waals surface area contributed by atoms with Gasteiger partial charge in [0.1, 0.15) is 11.7 Å². The van der Waals surface area contributed by atoms with E-state index in [2.05, 4.69) is 0 Å². The number of carboxylic acid groups (broad SMARTS) is 1. The third-order valence-corrected chi connectivity index (χ3v) is 1.20. The number of aliphatic carboxylic acids is 1.